The average molecular weight is 258 g/mol. The fraction of sp³-hybridized carbons (Fsp3) is 0.583. The van der Waals surface area contributed by atoms with Crippen LogP contribution in [0.4, 0.5) is 13.2 Å². The van der Waals surface area contributed by atoms with Crippen LogP contribution in [0, 0.1) is 11.3 Å². The molecule has 1 N–H and O–H groups in total. The fourth-order valence-corrected chi connectivity index (χ4v) is 2.51. The molecule has 0 bridgehead atoms. The number of nitrogens with zero attached hydrogens (tertiary/aromatic N) is 1. The molecule has 1 aromatic heterocycles. The van der Waals surface area contributed by atoms with Gasteiger partial charge in [-0.15, -0.1) is 0 Å². The van der Waals surface area contributed by atoms with Crippen molar-refractivity contribution in [2.75, 3.05) is 19.7 Å². The van der Waals surface area contributed by atoms with E-state index in [1.54, 1.807) is 0 Å². The normalized spacial score (nSPS) is 30.1. The molecule has 0 radical (unpaired) electrons. The highest BCUT2D eigenvalue weighted by atomic mass is 19.4. The van der Waals surface area contributed by atoms with Crippen molar-refractivity contribution in [3.05, 3.63) is 23.9 Å². The summed E-state index contributed by atoms with van der Waals surface area (Å²) in [6.07, 6.45) is -2.40. The minimum Gasteiger partial charge on any atom is -0.477 e. The largest absolute Gasteiger partial charge is 0.477 e. The summed E-state index contributed by atoms with van der Waals surface area (Å²) in [6, 6.07) is 2.27. The van der Waals surface area contributed by atoms with Gasteiger partial charge in [-0.1, -0.05) is 0 Å². The zero-order chi connectivity index (χ0) is 12.8. The number of fused-ring (bicyclic) bond motifs is 1. The fourth-order valence-electron chi connectivity index (χ4n) is 2.51. The number of aromatic nitrogens is 1. The molecular formula is C12H13F3N2O. The Labute approximate surface area is 102 Å². The van der Waals surface area contributed by atoms with Crippen LogP contribution in [0.1, 0.15) is 12.0 Å². The lowest BCUT2D eigenvalue weighted by Gasteiger charge is -2.13. The van der Waals surface area contributed by atoms with Crippen LogP contribution in [0.2, 0.25) is 0 Å². The summed E-state index contributed by atoms with van der Waals surface area (Å²) in [5.74, 6) is 0.918. The number of hydrogen-bond donors (Lipinski definition) is 1. The summed E-state index contributed by atoms with van der Waals surface area (Å²) in [5, 5.41) is 3.28. The molecule has 2 atom stereocenters. The zero-order valence-electron chi connectivity index (χ0n) is 9.63. The van der Waals surface area contributed by atoms with Gasteiger partial charge in [0.2, 0.25) is 5.88 Å². The molecule has 0 amide bonds. The lowest BCUT2D eigenvalue weighted by Crippen LogP contribution is -2.22. The van der Waals surface area contributed by atoms with Gasteiger partial charge in [0, 0.05) is 24.2 Å². The molecule has 2 unspecified atom stereocenters. The first kappa shape index (κ1) is 11.8. The number of alkyl halides is 3. The number of ether oxygens (including phenoxy) is 1. The van der Waals surface area contributed by atoms with Crippen LogP contribution in [0.25, 0.3) is 0 Å². The maximum Gasteiger partial charge on any atom is 0.417 e. The number of hydrogen-bond acceptors (Lipinski definition) is 3. The maximum absolute atomic E-state index is 12.3. The highest BCUT2D eigenvalue weighted by Gasteiger charge is 2.57. The van der Waals surface area contributed by atoms with E-state index in [-0.39, 0.29) is 11.3 Å². The third kappa shape index (κ3) is 2.05. The van der Waals surface area contributed by atoms with Crippen LogP contribution in [0.5, 0.6) is 5.88 Å². The average Bonchev–Trinajstić information content (AvgIpc) is 2.88. The number of pyridine rings is 1. The molecule has 1 aliphatic heterocycles. The summed E-state index contributed by atoms with van der Waals surface area (Å²) < 4.78 is 42.5. The number of rotatable bonds is 3. The molecule has 3 rings (SSSR count). The van der Waals surface area contributed by atoms with Crippen molar-refractivity contribution in [3.8, 4) is 5.88 Å². The highest BCUT2D eigenvalue weighted by Crippen LogP contribution is 2.54. The predicted octanol–water partition coefficient (Wildman–Crippen LogP) is 2.09. The molecular weight excluding hydrogens is 245 g/mol. The first-order chi connectivity index (χ1) is 8.50. The second-order valence-corrected chi connectivity index (χ2v) is 5.07. The Morgan fingerprint density at radius 1 is 1.44 bits per heavy atom. The predicted molar refractivity (Wildman–Crippen MR) is 58.1 cm³/mol. The van der Waals surface area contributed by atoms with Gasteiger partial charge in [0.05, 0.1) is 12.2 Å². The molecule has 18 heavy (non-hydrogen) atoms. The molecule has 98 valence electrons. The SMILES string of the molecule is FC(F)(F)c1ccc(OCC23CNCC2C3)nc1. The Kier molecular flexibility index (Phi) is 2.52. The van der Waals surface area contributed by atoms with Gasteiger partial charge < -0.3 is 10.1 Å². The lowest BCUT2D eigenvalue weighted by molar-refractivity contribution is -0.137. The Morgan fingerprint density at radius 2 is 2.28 bits per heavy atom. The zero-order valence-corrected chi connectivity index (χ0v) is 9.63. The van der Waals surface area contributed by atoms with Crippen LogP contribution in [0.3, 0.4) is 0 Å². The maximum atomic E-state index is 12.3. The minimum atomic E-state index is -4.35. The smallest absolute Gasteiger partial charge is 0.417 e. The van der Waals surface area contributed by atoms with Crippen LogP contribution in [-0.4, -0.2) is 24.7 Å². The van der Waals surface area contributed by atoms with E-state index in [1.807, 2.05) is 0 Å². The van der Waals surface area contributed by atoms with Crippen molar-refractivity contribution in [1.82, 2.24) is 10.3 Å². The summed E-state index contributed by atoms with van der Waals surface area (Å²) in [6.45, 7) is 2.48. The van der Waals surface area contributed by atoms with E-state index < -0.39 is 11.7 Å². The van der Waals surface area contributed by atoms with E-state index in [2.05, 4.69) is 10.3 Å². The van der Waals surface area contributed by atoms with E-state index in [0.717, 1.165) is 31.8 Å². The second kappa shape index (κ2) is 3.85. The van der Waals surface area contributed by atoms with Crippen LogP contribution >= 0.6 is 0 Å². The summed E-state index contributed by atoms with van der Waals surface area (Å²) in [7, 11) is 0. The van der Waals surface area contributed by atoms with Crippen molar-refractivity contribution in [2.24, 2.45) is 11.3 Å². The topological polar surface area (TPSA) is 34.1 Å². The number of halogens is 3. The lowest BCUT2D eigenvalue weighted by atomic mass is 10.1. The van der Waals surface area contributed by atoms with Gasteiger partial charge in [-0.2, -0.15) is 13.2 Å². The van der Waals surface area contributed by atoms with Gasteiger partial charge in [0.1, 0.15) is 0 Å². The summed E-state index contributed by atoms with van der Waals surface area (Å²) >= 11 is 0. The molecule has 6 heteroatoms. The van der Waals surface area contributed by atoms with E-state index >= 15 is 0 Å². The van der Waals surface area contributed by atoms with Crippen LogP contribution in [0.15, 0.2) is 18.3 Å². The molecule has 2 heterocycles. The summed E-state index contributed by atoms with van der Waals surface area (Å²) in [5.41, 5.74) is -0.551. The molecule has 1 aliphatic carbocycles. The Morgan fingerprint density at radius 3 is 2.78 bits per heavy atom. The van der Waals surface area contributed by atoms with E-state index in [1.165, 1.54) is 6.07 Å². The van der Waals surface area contributed by atoms with E-state index in [4.69, 9.17) is 4.74 Å². The quantitative estimate of drug-likeness (QED) is 0.901. The molecule has 0 spiro atoms. The van der Waals surface area contributed by atoms with Gasteiger partial charge in [-0.3, -0.25) is 0 Å². The summed E-state index contributed by atoms with van der Waals surface area (Å²) in [4.78, 5) is 3.69. The molecule has 1 aromatic rings. The van der Waals surface area contributed by atoms with Crippen molar-refractivity contribution in [2.45, 2.75) is 12.6 Å². The van der Waals surface area contributed by atoms with Gasteiger partial charge in [-0.05, 0) is 24.9 Å². The third-order valence-corrected chi connectivity index (χ3v) is 3.80. The number of piperidine rings is 1. The Bertz CT molecular complexity index is 446. The first-order valence-corrected chi connectivity index (χ1v) is 5.86. The van der Waals surface area contributed by atoms with Crippen LogP contribution in [-0.2, 0) is 6.18 Å². The molecule has 2 fully saturated rings. The third-order valence-electron chi connectivity index (χ3n) is 3.80. The van der Waals surface area contributed by atoms with Gasteiger partial charge in [-0.25, -0.2) is 4.98 Å². The van der Waals surface area contributed by atoms with Crippen molar-refractivity contribution in [3.63, 3.8) is 0 Å². The molecule has 1 saturated heterocycles. The van der Waals surface area contributed by atoms with Crippen LogP contribution < -0.4 is 10.1 Å². The molecule has 2 aliphatic rings. The van der Waals surface area contributed by atoms with E-state index in [0.29, 0.717) is 12.5 Å². The Balaban J connectivity index is 1.60. The highest BCUT2D eigenvalue weighted by molar-refractivity contribution is 5.20. The van der Waals surface area contributed by atoms with Crippen molar-refractivity contribution < 1.29 is 17.9 Å². The molecule has 3 nitrogen and oxygen atoms in total. The van der Waals surface area contributed by atoms with Gasteiger partial charge >= 0.3 is 6.18 Å². The monoisotopic (exact) mass is 258 g/mol. The van der Waals surface area contributed by atoms with Crippen molar-refractivity contribution in [1.29, 1.82) is 0 Å². The number of nitrogens with one attached hydrogen (secondary N) is 1. The minimum absolute atomic E-state index is 0.199. The van der Waals surface area contributed by atoms with Crippen molar-refractivity contribution >= 4 is 0 Å². The molecule has 1 saturated carbocycles. The van der Waals surface area contributed by atoms with E-state index in [9.17, 15) is 13.2 Å². The molecule has 0 aromatic carbocycles. The Hall–Kier alpha value is -1.30. The second-order valence-electron chi connectivity index (χ2n) is 5.07. The van der Waals surface area contributed by atoms with Gasteiger partial charge in [0.25, 0.3) is 0 Å². The standard InChI is InChI=1S/C12H13F3N2O/c13-12(14,15)8-1-2-10(17-5-8)18-7-11-3-9(11)4-16-6-11/h1-2,5,9,16H,3-4,6-7H2. The van der Waals surface area contributed by atoms with Gasteiger partial charge in [0.15, 0.2) is 0 Å². The first-order valence-electron chi connectivity index (χ1n) is 5.86.